The first kappa shape index (κ1) is 11.8. The molecule has 0 aliphatic carbocycles. The Bertz CT molecular complexity index is 356. The van der Waals surface area contributed by atoms with Gasteiger partial charge in [-0.3, -0.25) is 0 Å². The van der Waals surface area contributed by atoms with Gasteiger partial charge in [-0.25, -0.2) is 0 Å². The summed E-state index contributed by atoms with van der Waals surface area (Å²) >= 11 is 3.74. The van der Waals surface area contributed by atoms with E-state index < -0.39 is 0 Å². The third-order valence-electron chi connectivity index (χ3n) is 2.75. The Morgan fingerprint density at radius 2 is 2.27 bits per heavy atom. The molecule has 0 aromatic heterocycles. The van der Waals surface area contributed by atoms with E-state index in [-0.39, 0.29) is 24.0 Å². The molecule has 0 saturated carbocycles. The van der Waals surface area contributed by atoms with E-state index in [0.717, 1.165) is 6.42 Å². The molecule has 0 amide bonds. The standard InChI is InChI=1S/C11H11NS2.HI/c1-13-11-12-9(7-14-11)6-8-4-2-3-5-10(8)12;/h2-5,9,11H,6H2,1H3;1H/q+1;/p-1/t9-,11?;/m0./s1. The lowest BCUT2D eigenvalue weighted by molar-refractivity contribution is -0.00000265. The van der Waals surface area contributed by atoms with Crippen LogP contribution in [0.25, 0.3) is 0 Å². The molecule has 2 heterocycles. The summed E-state index contributed by atoms with van der Waals surface area (Å²) < 4.78 is 0.531. The highest BCUT2D eigenvalue weighted by Gasteiger charge is 2.51. The zero-order valence-corrected chi connectivity index (χ0v) is 12.1. The SMILES string of the molecule is CSC1S[C+][C@@H]2Cc3ccccc3N12.[I-]. The van der Waals surface area contributed by atoms with Gasteiger partial charge in [0, 0.05) is 12.1 Å². The normalized spacial score (nSPS) is 26.6. The van der Waals surface area contributed by atoms with Crippen LogP contribution in [-0.4, -0.2) is 17.0 Å². The fourth-order valence-electron chi connectivity index (χ4n) is 2.12. The molecular weight excluding hydrogens is 337 g/mol. The molecule has 2 aliphatic rings. The van der Waals surface area contributed by atoms with Gasteiger partial charge in [-0.15, -0.1) is 11.8 Å². The van der Waals surface area contributed by atoms with E-state index in [1.54, 1.807) is 0 Å². The largest absolute Gasteiger partial charge is 1.00 e. The topological polar surface area (TPSA) is 3.24 Å². The Balaban J connectivity index is 0.000000853. The van der Waals surface area contributed by atoms with Crippen LogP contribution in [0.4, 0.5) is 5.69 Å². The van der Waals surface area contributed by atoms with E-state index in [4.69, 9.17) is 0 Å². The van der Waals surface area contributed by atoms with E-state index in [2.05, 4.69) is 41.2 Å². The molecule has 2 atom stereocenters. The van der Waals surface area contributed by atoms with Gasteiger partial charge in [0.2, 0.25) is 6.04 Å². The van der Waals surface area contributed by atoms with Crippen LogP contribution in [0.3, 0.4) is 0 Å². The molecule has 0 bridgehead atoms. The van der Waals surface area contributed by atoms with Gasteiger partial charge in [-0.2, -0.15) is 0 Å². The maximum atomic E-state index is 3.49. The monoisotopic (exact) mass is 348 g/mol. The smallest absolute Gasteiger partial charge is 0.382 e. The number of thioether (sulfide) groups is 2. The van der Waals surface area contributed by atoms with Crippen molar-refractivity contribution in [3.05, 3.63) is 35.6 Å². The summed E-state index contributed by atoms with van der Waals surface area (Å²) in [5.41, 5.74) is 2.89. The summed E-state index contributed by atoms with van der Waals surface area (Å²) in [6.45, 7) is 0. The Labute approximate surface area is 116 Å². The third kappa shape index (κ3) is 1.85. The number of halogens is 1. The van der Waals surface area contributed by atoms with Gasteiger partial charge >= 0.3 is 5.75 Å². The van der Waals surface area contributed by atoms with Crippen molar-refractivity contribution in [1.82, 2.24) is 0 Å². The number of rotatable bonds is 1. The molecule has 0 spiro atoms. The number of nitrogens with zero attached hydrogens (tertiary/aromatic N) is 1. The Kier molecular flexibility index (Phi) is 3.67. The summed E-state index contributed by atoms with van der Waals surface area (Å²) in [6, 6.07) is 9.22. The first-order chi connectivity index (χ1) is 6.90. The Morgan fingerprint density at radius 1 is 1.47 bits per heavy atom. The molecule has 2 aliphatic heterocycles. The Hall–Kier alpha value is 0.320. The average Bonchev–Trinajstić information content (AvgIpc) is 2.75. The van der Waals surface area contributed by atoms with Crippen molar-refractivity contribution in [2.24, 2.45) is 0 Å². The van der Waals surface area contributed by atoms with E-state index in [0.29, 0.717) is 10.7 Å². The van der Waals surface area contributed by atoms with E-state index in [1.807, 2.05) is 23.5 Å². The van der Waals surface area contributed by atoms with Crippen LogP contribution in [0.1, 0.15) is 5.56 Å². The highest BCUT2D eigenvalue weighted by molar-refractivity contribution is 8.18. The minimum Gasteiger partial charge on any atom is -1.00 e. The first-order valence-electron chi connectivity index (χ1n) is 4.70. The van der Waals surface area contributed by atoms with E-state index in [1.165, 1.54) is 11.3 Å². The van der Waals surface area contributed by atoms with Crippen LogP contribution in [0.2, 0.25) is 0 Å². The van der Waals surface area contributed by atoms with Crippen molar-refractivity contribution >= 4 is 29.2 Å². The molecule has 79 valence electrons. The molecule has 1 aromatic carbocycles. The number of para-hydroxylation sites is 1. The molecule has 1 unspecified atom stereocenters. The number of benzene rings is 1. The van der Waals surface area contributed by atoms with Crippen molar-refractivity contribution in [2.75, 3.05) is 11.2 Å². The molecule has 1 aromatic rings. The zero-order chi connectivity index (χ0) is 9.54. The molecule has 4 heteroatoms. The van der Waals surface area contributed by atoms with Gasteiger partial charge in [0.05, 0.1) is 0 Å². The highest BCUT2D eigenvalue weighted by atomic mass is 127. The van der Waals surface area contributed by atoms with Crippen molar-refractivity contribution in [3.8, 4) is 0 Å². The predicted octanol–water partition coefficient (Wildman–Crippen LogP) is -0.146. The maximum Gasteiger partial charge on any atom is 0.382 e. The quantitative estimate of drug-likeness (QED) is 0.514. The van der Waals surface area contributed by atoms with Gasteiger partial charge in [0.15, 0.2) is 16.5 Å². The van der Waals surface area contributed by atoms with Crippen LogP contribution in [0.5, 0.6) is 0 Å². The van der Waals surface area contributed by atoms with Crippen LogP contribution < -0.4 is 28.9 Å². The number of anilines is 1. The Morgan fingerprint density at radius 3 is 3.07 bits per heavy atom. The molecule has 3 rings (SSSR count). The lowest BCUT2D eigenvalue weighted by Crippen LogP contribution is -3.00. The molecule has 1 fully saturated rings. The minimum atomic E-state index is 0. The number of fused-ring (bicyclic) bond motifs is 3. The molecule has 1 nitrogen and oxygen atoms in total. The second kappa shape index (κ2) is 4.67. The van der Waals surface area contributed by atoms with Crippen LogP contribution in [0.15, 0.2) is 24.3 Å². The van der Waals surface area contributed by atoms with Gasteiger partial charge in [0.25, 0.3) is 0 Å². The molecule has 15 heavy (non-hydrogen) atoms. The van der Waals surface area contributed by atoms with Gasteiger partial charge < -0.3 is 28.9 Å². The summed E-state index contributed by atoms with van der Waals surface area (Å²) in [4.78, 5) is 2.49. The van der Waals surface area contributed by atoms with Crippen LogP contribution in [-0.2, 0) is 6.42 Å². The van der Waals surface area contributed by atoms with Crippen molar-refractivity contribution in [1.29, 1.82) is 0 Å². The third-order valence-corrected chi connectivity index (χ3v) is 5.09. The summed E-state index contributed by atoms with van der Waals surface area (Å²) in [6.07, 6.45) is 3.31. The number of hydrogen-bond acceptors (Lipinski definition) is 3. The summed E-state index contributed by atoms with van der Waals surface area (Å²) in [7, 11) is 0. The summed E-state index contributed by atoms with van der Waals surface area (Å²) in [5, 5.41) is 0. The van der Waals surface area contributed by atoms with Gasteiger partial charge in [-0.1, -0.05) is 18.2 Å². The van der Waals surface area contributed by atoms with Gasteiger partial charge in [0.1, 0.15) is 0 Å². The fraction of sp³-hybridized carbons (Fsp3) is 0.364. The fourth-order valence-corrected chi connectivity index (χ4v) is 4.01. The lowest BCUT2D eigenvalue weighted by atomic mass is 10.1. The van der Waals surface area contributed by atoms with E-state index >= 15 is 0 Å². The molecule has 0 N–H and O–H groups in total. The van der Waals surface area contributed by atoms with Gasteiger partial charge in [-0.05, 0) is 17.9 Å². The summed E-state index contributed by atoms with van der Waals surface area (Å²) in [5.74, 6) is 3.49. The average molecular weight is 348 g/mol. The zero-order valence-electron chi connectivity index (χ0n) is 8.31. The first-order valence-corrected chi connectivity index (χ1v) is 6.87. The minimum absolute atomic E-state index is 0. The van der Waals surface area contributed by atoms with Crippen molar-refractivity contribution in [3.63, 3.8) is 0 Å². The van der Waals surface area contributed by atoms with Crippen LogP contribution >= 0.6 is 23.5 Å². The van der Waals surface area contributed by atoms with Crippen LogP contribution in [0, 0.1) is 5.75 Å². The molecule has 1 radical (unpaired) electrons. The maximum absolute atomic E-state index is 3.49. The predicted molar refractivity (Wildman–Crippen MR) is 64.6 cm³/mol. The highest BCUT2D eigenvalue weighted by Crippen LogP contribution is 2.47. The second-order valence-electron chi connectivity index (χ2n) is 3.53. The molecular formula is C11H11INS2. The number of hydrogen-bond donors (Lipinski definition) is 0. The van der Waals surface area contributed by atoms with Crippen molar-refractivity contribution in [2.45, 2.75) is 17.2 Å². The van der Waals surface area contributed by atoms with E-state index in [9.17, 15) is 0 Å². The van der Waals surface area contributed by atoms with Crippen molar-refractivity contribution < 1.29 is 24.0 Å². The lowest BCUT2D eigenvalue weighted by Gasteiger charge is -2.18. The second-order valence-corrected chi connectivity index (χ2v) is 5.67. The molecule has 1 saturated heterocycles.